The Kier molecular flexibility index (Phi) is 3.36. The Morgan fingerprint density at radius 3 is 2.71 bits per heavy atom. The van der Waals surface area contributed by atoms with Crippen LogP contribution in [0.25, 0.3) is 0 Å². The van der Waals surface area contributed by atoms with Gasteiger partial charge in [0.2, 0.25) is 0 Å². The summed E-state index contributed by atoms with van der Waals surface area (Å²) < 4.78 is 0. The van der Waals surface area contributed by atoms with E-state index in [2.05, 4.69) is 36.1 Å². The predicted molar refractivity (Wildman–Crippen MR) is 69.9 cm³/mol. The molecule has 0 radical (unpaired) electrons. The van der Waals surface area contributed by atoms with Crippen LogP contribution in [-0.4, -0.2) is 29.1 Å². The SMILES string of the molecule is CC(C)C(=O)C1C(C(C)C)=NN2CCC=CC12. The van der Waals surface area contributed by atoms with Gasteiger partial charge < -0.3 is 0 Å². The molecule has 0 N–H and O–H groups in total. The van der Waals surface area contributed by atoms with E-state index in [1.807, 2.05) is 13.8 Å². The number of nitrogens with zero attached hydrogens (tertiary/aromatic N) is 2. The number of hydrogen-bond acceptors (Lipinski definition) is 3. The van der Waals surface area contributed by atoms with Crippen molar-refractivity contribution < 1.29 is 4.79 Å². The lowest BCUT2D eigenvalue weighted by atomic mass is 9.81. The monoisotopic (exact) mass is 234 g/mol. The number of hydrogen-bond donors (Lipinski definition) is 0. The van der Waals surface area contributed by atoms with Crippen molar-refractivity contribution in [3.8, 4) is 0 Å². The molecule has 3 nitrogen and oxygen atoms in total. The van der Waals surface area contributed by atoms with Crippen molar-refractivity contribution in [2.45, 2.75) is 40.2 Å². The van der Waals surface area contributed by atoms with Gasteiger partial charge in [0.15, 0.2) is 0 Å². The Labute approximate surface area is 104 Å². The fourth-order valence-electron chi connectivity index (χ4n) is 2.62. The third kappa shape index (κ3) is 2.15. The molecule has 0 fully saturated rings. The third-order valence-electron chi connectivity index (χ3n) is 3.57. The van der Waals surface area contributed by atoms with Crippen LogP contribution in [0.4, 0.5) is 0 Å². The summed E-state index contributed by atoms with van der Waals surface area (Å²) in [4.78, 5) is 12.4. The summed E-state index contributed by atoms with van der Waals surface area (Å²) in [5.41, 5.74) is 1.07. The molecular weight excluding hydrogens is 212 g/mol. The van der Waals surface area contributed by atoms with Crippen molar-refractivity contribution >= 4 is 11.5 Å². The smallest absolute Gasteiger partial charge is 0.146 e. The molecule has 2 aliphatic heterocycles. The fraction of sp³-hybridized carbons (Fsp3) is 0.714. The maximum Gasteiger partial charge on any atom is 0.146 e. The molecule has 94 valence electrons. The van der Waals surface area contributed by atoms with Gasteiger partial charge in [-0.25, -0.2) is 0 Å². The van der Waals surface area contributed by atoms with Gasteiger partial charge in [-0.2, -0.15) is 5.10 Å². The third-order valence-corrected chi connectivity index (χ3v) is 3.57. The van der Waals surface area contributed by atoms with E-state index in [1.165, 1.54) is 0 Å². The van der Waals surface area contributed by atoms with Crippen LogP contribution in [0.3, 0.4) is 0 Å². The van der Waals surface area contributed by atoms with Crippen LogP contribution in [0.2, 0.25) is 0 Å². The Hall–Kier alpha value is -1.12. The first kappa shape index (κ1) is 12.3. The minimum atomic E-state index is -0.0217. The van der Waals surface area contributed by atoms with Crippen molar-refractivity contribution in [1.82, 2.24) is 5.01 Å². The highest BCUT2D eigenvalue weighted by Crippen LogP contribution is 2.31. The van der Waals surface area contributed by atoms with Crippen molar-refractivity contribution in [3.05, 3.63) is 12.2 Å². The lowest BCUT2D eigenvalue weighted by Crippen LogP contribution is -2.40. The Bertz CT molecular complexity index is 368. The van der Waals surface area contributed by atoms with Gasteiger partial charge in [-0.15, -0.1) is 0 Å². The molecule has 0 spiro atoms. The van der Waals surface area contributed by atoms with Crippen LogP contribution in [0.15, 0.2) is 17.3 Å². The highest BCUT2D eigenvalue weighted by atomic mass is 16.1. The number of fused-ring (bicyclic) bond motifs is 1. The van der Waals surface area contributed by atoms with E-state index in [0.29, 0.717) is 11.7 Å². The van der Waals surface area contributed by atoms with E-state index < -0.39 is 0 Å². The second-order valence-corrected chi connectivity index (χ2v) is 5.58. The topological polar surface area (TPSA) is 32.7 Å². The van der Waals surface area contributed by atoms with Gasteiger partial charge in [-0.05, 0) is 12.3 Å². The van der Waals surface area contributed by atoms with E-state index in [0.717, 1.165) is 18.7 Å². The van der Waals surface area contributed by atoms with Gasteiger partial charge in [0.25, 0.3) is 0 Å². The number of ketones is 1. The van der Waals surface area contributed by atoms with Gasteiger partial charge in [0.05, 0.1) is 17.7 Å². The first-order valence-electron chi connectivity index (χ1n) is 6.57. The molecule has 0 saturated carbocycles. The van der Waals surface area contributed by atoms with E-state index in [4.69, 9.17) is 0 Å². The summed E-state index contributed by atoms with van der Waals surface area (Å²) in [6.45, 7) is 9.16. The van der Waals surface area contributed by atoms with E-state index >= 15 is 0 Å². The fourth-order valence-corrected chi connectivity index (χ4v) is 2.62. The van der Waals surface area contributed by atoms with Crippen LogP contribution >= 0.6 is 0 Å². The summed E-state index contributed by atoms with van der Waals surface area (Å²) in [5.74, 6) is 0.740. The second-order valence-electron chi connectivity index (χ2n) is 5.58. The largest absolute Gasteiger partial charge is 0.299 e. The van der Waals surface area contributed by atoms with Crippen molar-refractivity contribution in [3.63, 3.8) is 0 Å². The molecule has 17 heavy (non-hydrogen) atoms. The molecule has 3 heteroatoms. The van der Waals surface area contributed by atoms with E-state index in [9.17, 15) is 4.79 Å². The second kappa shape index (κ2) is 4.63. The molecule has 0 aromatic heterocycles. The summed E-state index contributed by atoms with van der Waals surface area (Å²) in [6.07, 6.45) is 5.38. The molecule has 0 aromatic carbocycles. The lowest BCUT2D eigenvalue weighted by Gasteiger charge is -2.28. The maximum absolute atomic E-state index is 12.4. The number of rotatable bonds is 3. The van der Waals surface area contributed by atoms with Gasteiger partial charge in [0, 0.05) is 12.5 Å². The normalized spacial score (nSPS) is 27.6. The number of carbonyl (C=O) groups is 1. The van der Waals surface area contributed by atoms with Crippen molar-refractivity contribution in [1.29, 1.82) is 0 Å². The summed E-state index contributed by atoms with van der Waals surface area (Å²) in [5, 5.41) is 6.77. The number of hydrazone groups is 1. The van der Waals surface area contributed by atoms with Crippen LogP contribution < -0.4 is 0 Å². The number of carbonyl (C=O) groups excluding carboxylic acids is 1. The summed E-state index contributed by atoms with van der Waals surface area (Å²) in [7, 11) is 0. The molecule has 2 aliphatic rings. The van der Waals surface area contributed by atoms with Crippen LogP contribution in [0.1, 0.15) is 34.1 Å². The molecule has 0 aromatic rings. The van der Waals surface area contributed by atoms with Crippen molar-refractivity contribution in [2.24, 2.45) is 22.9 Å². The van der Waals surface area contributed by atoms with Crippen LogP contribution in [0, 0.1) is 17.8 Å². The molecule has 2 atom stereocenters. The molecule has 0 bridgehead atoms. The van der Waals surface area contributed by atoms with Gasteiger partial charge in [-0.3, -0.25) is 9.80 Å². The van der Waals surface area contributed by atoms with Crippen molar-refractivity contribution in [2.75, 3.05) is 6.54 Å². The molecule has 2 heterocycles. The Balaban J connectivity index is 2.32. The zero-order valence-corrected chi connectivity index (χ0v) is 11.2. The van der Waals surface area contributed by atoms with E-state index in [-0.39, 0.29) is 17.9 Å². The quantitative estimate of drug-likeness (QED) is 0.703. The zero-order chi connectivity index (χ0) is 12.6. The number of Topliss-reactive ketones (excluding diaryl/α,β-unsaturated/α-hetero) is 1. The molecule has 0 aliphatic carbocycles. The van der Waals surface area contributed by atoms with Gasteiger partial charge in [-0.1, -0.05) is 39.8 Å². The minimum absolute atomic E-state index is 0.0217. The Morgan fingerprint density at radius 1 is 1.41 bits per heavy atom. The van der Waals surface area contributed by atoms with Crippen LogP contribution in [0.5, 0.6) is 0 Å². The summed E-state index contributed by atoms with van der Waals surface area (Å²) in [6, 6.07) is 0.177. The summed E-state index contributed by atoms with van der Waals surface area (Å²) >= 11 is 0. The average molecular weight is 234 g/mol. The lowest BCUT2D eigenvalue weighted by molar-refractivity contribution is -0.124. The maximum atomic E-state index is 12.4. The molecule has 2 rings (SSSR count). The molecule has 0 saturated heterocycles. The molecule has 2 unspecified atom stereocenters. The Morgan fingerprint density at radius 2 is 2.12 bits per heavy atom. The highest BCUT2D eigenvalue weighted by Gasteiger charge is 2.42. The predicted octanol–water partition coefficient (Wildman–Crippen LogP) is 2.48. The molecule has 0 amide bonds. The molecular formula is C14H22N2O. The van der Waals surface area contributed by atoms with Gasteiger partial charge >= 0.3 is 0 Å². The first-order valence-corrected chi connectivity index (χ1v) is 6.57. The highest BCUT2D eigenvalue weighted by molar-refractivity contribution is 6.08. The minimum Gasteiger partial charge on any atom is -0.299 e. The van der Waals surface area contributed by atoms with Gasteiger partial charge in [0.1, 0.15) is 5.78 Å². The average Bonchev–Trinajstić information content (AvgIpc) is 2.67. The zero-order valence-electron chi connectivity index (χ0n) is 11.2. The van der Waals surface area contributed by atoms with Crippen LogP contribution in [-0.2, 0) is 4.79 Å². The van der Waals surface area contributed by atoms with E-state index in [1.54, 1.807) is 0 Å². The first-order chi connectivity index (χ1) is 8.02. The standard InChI is InChI=1S/C14H22N2O/c1-9(2)13-12(14(17)10(3)4)11-7-5-6-8-16(11)15-13/h5,7,9-12H,6,8H2,1-4H3.